The van der Waals surface area contributed by atoms with E-state index in [4.69, 9.17) is 14.2 Å². The van der Waals surface area contributed by atoms with Gasteiger partial charge in [-0.1, -0.05) is 30.3 Å². The third-order valence-corrected chi connectivity index (χ3v) is 9.59. The van der Waals surface area contributed by atoms with Gasteiger partial charge in [-0.3, -0.25) is 9.69 Å². The van der Waals surface area contributed by atoms with Crippen LogP contribution in [0.1, 0.15) is 30.4 Å². The first-order valence-electron chi connectivity index (χ1n) is 14.3. The molecule has 3 aromatic rings. The lowest BCUT2D eigenvalue weighted by atomic mass is 10.0. The van der Waals surface area contributed by atoms with Crippen molar-refractivity contribution in [1.29, 1.82) is 0 Å². The molecule has 2 aliphatic rings. The minimum atomic E-state index is -3.54. The van der Waals surface area contributed by atoms with Crippen molar-refractivity contribution in [3.05, 3.63) is 83.4 Å². The molecule has 222 valence electrons. The maximum Gasteiger partial charge on any atom is 0.251 e. The predicted molar refractivity (Wildman–Crippen MR) is 164 cm³/mol. The van der Waals surface area contributed by atoms with E-state index >= 15 is 0 Å². The number of ether oxygens (including phenoxy) is 3. The minimum absolute atomic E-state index is 0.121. The monoisotopic (exact) mass is 590 g/mol. The number of nitrogens with zero attached hydrogens (tertiary/aromatic N) is 1. The van der Waals surface area contributed by atoms with Gasteiger partial charge >= 0.3 is 0 Å². The molecule has 0 aromatic heterocycles. The fourth-order valence-corrected chi connectivity index (χ4v) is 6.81. The van der Waals surface area contributed by atoms with Crippen LogP contribution < -0.4 is 10.1 Å². The van der Waals surface area contributed by atoms with E-state index in [-0.39, 0.29) is 23.0 Å². The van der Waals surface area contributed by atoms with Crippen LogP contribution in [0.2, 0.25) is 0 Å². The molecule has 2 aliphatic heterocycles. The third kappa shape index (κ3) is 7.46. The van der Waals surface area contributed by atoms with Gasteiger partial charge in [-0.25, -0.2) is 8.42 Å². The number of methoxy groups -OCH3 is 1. The van der Waals surface area contributed by atoms with Crippen LogP contribution in [-0.2, 0) is 30.7 Å². The topological polar surface area (TPSA) is 94.2 Å². The van der Waals surface area contributed by atoms with Crippen LogP contribution in [0.3, 0.4) is 0 Å². The summed E-state index contributed by atoms with van der Waals surface area (Å²) in [5.41, 5.74) is 4.55. The van der Waals surface area contributed by atoms with E-state index < -0.39 is 9.84 Å². The molecule has 42 heavy (non-hydrogen) atoms. The second kappa shape index (κ2) is 13.6. The largest absolute Gasteiger partial charge is 0.491 e. The lowest BCUT2D eigenvalue weighted by Gasteiger charge is -2.31. The van der Waals surface area contributed by atoms with Gasteiger partial charge in [0.25, 0.3) is 5.91 Å². The summed E-state index contributed by atoms with van der Waals surface area (Å²) in [6.07, 6.45) is 3.92. The lowest BCUT2D eigenvalue weighted by Crippen LogP contribution is -2.36. The van der Waals surface area contributed by atoms with Crippen LogP contribution in [0, 0.1) is 0 Å². The molecule has 8 nitrogen and oxygen atoms in total. The van der Waals surface area contributed by atoms with Crippen molar-refractivity contribution in [2.24, 2.45) is 0 Å². The molecule has 0 aliphatic carbocycles. The normalized spacial score (nSPS) is 16.8. The van der Waals surface area contributed by atoms with Gasteiger partial charge in [-0.2, -0.15) is 0 Å². The minimum Gasteiger partial charge on any atom is -0.491 e. The zero-order valence-electron chi connectivity index (χ0n) is 24.2. The van der Waals surface area contributed by atoms with E-state index in [1.807, 2.05) is 54.6 Å². The number of sulfone groups is 1. The Bertz CT molecular complexity index is 1510. The third-order valence-electron chi connectivity index (χ3n) is 7.81. The number of hydrogen-bond donors (Lipinski definition) is 1. The number of rotatable bonds is 10. The highest BCUT2D eigenvalue weighted by Crippen LogP contribution is 2.32. The van der Waals surface area contributed by atoms with Crippen LogP contribution in [0.15, 0.2) is 77.2 Å². The fraction of sp³-hybridized carbons (Fsp3) is 0.364. The van der Waals surface area contributed by atoms with E-state index in [1.54, 1.807) is 25.3 Å². The van der Waals surface area contributed by atoms with Gasteiger partial charge < -0.3 is 19.5 Å². The van der Waals surface area contributed by atoms with Crippen molar-refractivity contribution in [2.75, 3.05) is 51.7 Å². The van der Waals surface area contributed by atoms with Crippen molar-refractivity contribution < 1.29 is 27.4 Å². The van der Waals surface area contributed by atoms with Crippen molar-refractivity contribution >= 4 is 27.5 Å². The molecule has 0 bridgehead atoms. The average molecular weight is 591 g/mol. The Morgan fingerprint density at radius 2 is 1.69 bits per heavy atom. The zero-order valence-corrected chi connectivity index (χ0v) is 25.0. The molecular weight excluding hydrogens is 552 g/mol. The molecule has 1 N–H and O–H groups in total. The van der Waals surface area contributed by atoms with Crippen LogP contribution >= 0.6 is 0 Å². The highest BCUT2D eigenvalue weighted by molar-refractivity contribution is 7.91. The maximum atomic E-state index is 13.3. The molecule has 1 saturated heterocycles. The number of nitrogens with one attached hydrogen (secondary N) is 1. The highest BCUT2D eigenvalue weighted by atomic mass is 32.2. The molecule has 1 fully saturated rings. The van der Waals surface area contributed by atoms with Crippen LogP contribution in [0.5, 0.6) is 5.75 Å². The molecule has 0 atom stereocenters. The maximum absolute atomic E-state index is 13.3. The van der Waals surface area contributed by atoms with E-state index in [9.17, 15) is 13.2 Å². The van der Waals surface area contributed by atoms with Crippen molar-refractivity contribution in [3.63, 3.8) is 0 Å². The lowest BCUT2D eigenvalue weighted by molar-refractivity contribution is -0.112. The van der Waals surface area contributed by atoms with E-state index in [2.05, 4.69) is 17.3 Å². The number of hydrogen-bond acceptors (Lipinski definition) is 7. The Balaban J connectivity index is 1.29. The van der Waals surface area contributed by atoms with E-state index in [1.165, 1.54) is 0 Å². The van der Waals surface area contributed by atoms with Gasteiger partial charge in [0.1, 0.15) is 12.4 Å². The number of anilines is 1. The summed E-state index contributed by atoms with van der Waals surface area (Å²) >= 11 is 0. The van der Waals surface area contributed by atoms with E-state index in [0.717, 1.165) is 55.0 Å². The first-order chi connectivity index (χ1) is 20.3. The molecular formula is C33H38N2O6S. The number of carbonyl (C=O) groups is 1. The first-order valence-corrected chi connectivity index (χ1v) is 16.0. The van der Waals surface area contributed by atoms with Crippen LogP contribution in [-0.4, -0.2) is 71.6 Å². The SMILES string of the molecule is COCCOc1ccc(-c2ccc3c(c2)C=C(C(=O)Nc2ccc(CN(C)C4CCOCC4)cc2)CCS3(=O)=O)cc1. The van der Waals surface area contributed by atoms with Crippen molar-refractivity contribution in [2.45, 2.75) is 36.7 Å². The van der Waals surface area contributed by atoms with Gasteiger partial charge in [-0.05, 0) is 91.0 Å². The number of fused-ring (bicyclic) bond motifs is 1. The highest BCUT2D eigenvalue weighted by Gasteiger charge is 2.25. The number of amides is 1. The summed E-state index contributed by atoms with van der Waals surface area (Å²) in [6, 6.07) is 21.2. The second-order valence-electron chi connectivity index (χ2n) is 10.8. The van der Waals surface area contributed by atoms with Gasteiger partial charge in [0.15, 0.2) is 9.84 Å². The zero-order chi connectivity index (χ0) is 29.5. The van der Waals surface area contributed by atoms with Gasteiger partial charge in [0.2, 0.25) is 0 Å². The Hall–Kier alpha value is -3.50. The summed E-state index contributed by atoms with van der Waals surface area (Å²) in [7, 11) is 0.221. The number of benzene rings is 3. The molecule has 0 radical (unpaired) electrons. The second-order valence-corrected chi connectivity index (χ2v) is 12.8. The Morgan fingerprint density at radius 3 is 2.40 bits per heavy atom. The summed E-state index contributed by atoms with van der Waals surface area (Å²) in [4.78, 5) is 15.9. The van der Waals surface area contributed by atoms with E-state index in [0.29, 0.717) is 36.1 Å². The van der Waals surface area contributed by atoms with Gasteiger partial charge in [0.05, 0.1) is 17.3 Å². The van der Waals surface area contributed by atoms with Gasteiger partial charge in [0, 0.05) is 44.2 Å². The number of carbonyl (C=O) groups excluding carboxylic acids is 1. The Labute approximate surface area is 248 Å². The van der Waals surface area contributed by atoms with Crippen LogP contribution in [0.4, 0.5) is 5.69 Å². The molecule has 2 heterocycles. The standard InChI is InChI=1S/C33H38N2O6S/c1-35(30-13-16-40-17-14-30)23-24-3-8-29(9-4-24)34-33(36)27-15-20-42(37,38)32-12-7-26(21-28(32)22-27)25-5-10-31(11-6-25)41-19-18-39-2/h3-12,21-22,30H,13-20,23H2,1-2H3,(H,34,36). The quantitative estimate of drug-likeness (QED) is 0.325. The molecule has 9 heteroatoms. The Morgan fingerprint density at radius 1 is 0.976 bits per heavy atom. The molecule has 5 rings (SSSR count). The van der Waals surface area contributed by atoms with Crippen LogP contribution in [0.25, 0.3) is 17.2 Å². The molecule has 0 saturated carbocycles. The average Bonchev–Trinajstić information content (AvgIpc) is 3.14. The predicted octanol–water partition coefficient (Wildman–Crippen LogP) is 5.19. The summed E-state index contributed by atoms with van der Waals surface area (Å²) in [5, 5.41) is 2.96. The Kier molecular flexibility index (Phi) is 9.74. The van der Waals surface area contributed by atoms with Crippen molar-refractivity contribution in [3.8, 4) is 16.9 Å². The summed E-state index contributed by atoms with van der Waals surface area (Å²) in [5.74, 6) is 0.309. The summed E-state index contributed by atoms with van der Waals surface area (Å²) in [6.45, 7) is 3.40. The molecule has 0 spiro atoms. The van der Waals surface area contributed by atoms with Gasteiger partial charge in [-0.15, -0.1) is 0 Å². The molecule has 1 amide bonds. The smallest absolute Gasteiger partial charge is 0.251 e. The fourth-order valence-electron chi connectivity index (χ4n) is 5.35. The first kappa shape index (κ1) is 30.0. The molecule has 3 aromatic carbocycles. The summed E-state index contributed by atoms with van der Waals surface area (Å²) < 4.78 is 42.3. The molecule has 0 unspecified atom stereocenters. The van der Waals surface area contributed by atoms with Crippen molar-refractivity contribution in [1.82, 2.24) is 4.90 Å².